The van der Waals surface area contributed by atoms with Crippen molar-refractivity contribution in [2.24, 2.45) is 17.8 Å². The van der Waals surface area contributed by atoms with E-state index in [9.17, 15) is 43.2 Å². The van der Waals surface area contributed by atoms with Crippen LogP contribution in [0.2, 0.25) is 0 Å². The van der Waals surface area contributed by atoms with Gasteiger partial charge in [-0.15, -0.1) is 0 Å². The van der Waals surface area contributed by atoms with Crippen molar-refractivity contribution >= 4 is 39.5 Å². The van der Waals surface area contributed by atoms with Gasteiger partial charge in [-0.1, -0.05) is 421 Å². The number of rotatable bonds is 87. The molecule has 0 aliphatic rings. The van der Waals surface area contributed by atoms with Gasteiger partial charge in [-0.2, -0.15) is 0 Å². The van der Waals surface area contributed by atoms with Gasteiger partial charge in [0.1, 0.15) is 19.3 Å². The standard InChI is InChI=1S/C89H174O17P2/c1-8-10-11-12-13-14-15-16-17-20-26-32-37-42-51-58-65-73-89(94)106-85(77-100-87(92)71-64-57-50-45-44-48-55-62-69-82(7)9-2)79-104-108(97,98)102-75-83(90)74-101-107(95,96)103-78-84(76-99-86(91)70-63-56-49-41-36-31-28-23-25-30-35-40-47-54-61-68-81(5)6)105-88(93)72-66-59-52-43-38-33-27-22-19-18-21-24-29-34-39-46-53-60-67-80(3)4/h80-85,90H,8-79H2,1-7H3,(H,95,96)(H,97,98)/t82?,83-,84-,85-/m1/s1. The van der Waals surface area contributed by atoms with Crippen LogP contribution in [0.15, 0.2) is 0 Å². The van der Waals surface area contributed by atoms with Gasteiger partial charge in [0.15, 0.2) is 12.2 Å². The normalized spacial score (nSPS) is 14.1. The van der Waals surface area contributed by atoms with Gasteiger partial charge in [0, 0.05) is 25.7 Å². The molecule has 0 saturated carbocycles. The van der Waals surface area contributed by atoms with E-state index in [0.717, 1.165) is 108 Å². The third kappa shape index (κ3) is 80.7. The molecule has 0 aromatic heterocycles. The predicted molar refractivity (Wildman–Crippen MR) is 446 cm³/mol. The van der Waals surface area contributed by atoms with Crippen LogP contribution in [0.25, 0.3) is 0 Å². The molecule has 0 saturated heterocycles. The molecule has 19 heteroatoms. The van der Waals surface area contributed by atoms with Crippen LogP contribution in [0.5, 0.6) is 0 Å². The SMILES string of the molecule is CCCCCCCCCCCCCCCCCCCC(=O)O[C@H](COC(=O)CCCCCCCCCCC(C)CC)COP(=O)(O)OC[C@H](O)COP(=O)(O)OC[C@@H](COC(=O)CCCCCCCCCCCCCCCCCC(C)C)OC(=O)CCCCCCCCCCCCCCCCCCCCC(C)C. The monoisotopic (exact) mass is 1580 g/mol. The summed E-state index contributed by atoms with van der Waals surface area (Å²) in [4.78, 5) is 73.4. The van der Waals surface area contributed by atoms with Gasteiger partial charge in [-0.25, -0.2) is 9.13 Å². The Labute approximate surface area is 664 Å². The zero-order valence-electron chi connectivity index (χ0n) is 71.3. The molecule has 0 heterocycles. The summed E-state index contributed by atoms with van der Waals surface area (Å²) in [6, 6.07) is 0. The summed E-state index contributed by atoms with van der Waals surface area (Å²) in [6.07, 6.45) is 70.8. The van der Waals surface area contributed by atoms with Crippen LogP contribution in [0.1, 0.15) is 472 Å². The van der Waals surface area contributed by atoms with Crippen LogP contribution in [0, 0.1) is 17.8 Å². The zero-order chi connectivity index (χ0) is 79.3. The van der Waals surface area contributed by atoms with Crippen molar-refractivity contribution in [1.82, 2.24) is 0 Å². The van der Waals surface area contributed by atoms with Crippen molar-refractivity contribution in [3.8, 4) is 0 Å². The fourth-order valence-corrected chi connectivity index (χ4v) is 15.4. The number of hydrogen-bond acceptors (Lipinski definition) is 15. The summed E-state index contributed by atoms with van der Waals surface area (Å²) in [5.74, 6) is 0.304. The van der Waals surface area contributed by atoms with Crippen molar-refractivity contribution in [2.45, 2.75) is 491 Å². The Morgan fingerprint density at radius 1 is 0.269 bits per heavy atom. The van der Waals surface area contributed by atoms with E-state index in [1.165, 1.54) is 283 Å². The summed E-state index contributed by atoms with van der Waals surface area (Å²) < 4.78 is 69.0. The molecule has 0 aliphatic carbocycles. The molecule has 0 fully saturated rings. The fraction of sp³-hybridized carbons (Fsp3) is 0.955. The number of phosphoric acid groups is 2. The van der Waals surface area contributed by atoms with Gasteiger partial charge in [-0.05, 0) is 43.4 Å². The third-order valence-corrected chi connectivity index (χ3v) is 23.1. The first-order chi connectivity index (χ1) is 52.3. The topological polar surface area (TPSA) is 237 Å². The summed E-state index contributed by atoms with van der Waals surface area (Å²) in [5.41, 5.74) is 0. The molecule has 3 N–H and O–H groups in total. The Bertz CT molecular complexity index is 2080. The molecule has 3 unspecified atom stereocenters. The second-order valence-electron chi connectivity index (χ2n) is 33.2. The van der Waals surface area contributed by atoms with E-state index >= 15 is 0 Å². The molecule has 642 valence electrons. The summed E-state index contributed by atoms with van der Waals surface area (Å²) in [6.45, 7) is 12.1. The Kier molecular flexibility index (Phi) is 77.5. The summed E-state index contributed by atoms with van der Waals surface area (Å²) >= 11 is 0. The quantitative estimate of drug-likeness (QED) is 0.0222. The molecule has 0 aromatic rings. The predicted octanol–water partition coefficient (Wildman–Crippen LogP) is 27.3. The molecule has 0 aliphatic heterocycles. The lowest BCUT2D eigenvalue weighted by atomic mass is 9.99. The first kappa shape index (κ1) is 106. The summed E-state index contributed by atoms with van der Waals surface area (Å²) in [5, 5.41) is 10.7. The average molecular weight is 1580 g/mol. The molecule has 0 amide bonds. The van der Waals surface area contributed by atoms with Gasteiger partial charge >= 0.3 is 39.5 Å². The lowest BCUT2D eigenvalue weighted by molar-refractivity contribution is -0.161. The third-order valence-electron chi connectivity index (χ3n) is 21.2. The Morgan fingerprint density at radius 3 is 0.704 bits per heavy atom. The minimum absolute atomic E-state index is 0.108. The van der Waals surface area contributed by atoms with Gasteiger partial charge in [0.05, 0.1) is 26.4 Å². The van der Waals surface area contributed by atoms with Crippen LogP contribution >= 0.6 is 15.6 Å². The molecule has 0 aromatic carbocycles. The number of carbonyl (C=O) groups is 4. The molecule has 0 bridgehead atoms. The highest BCUT2D eigenvalue weighted by Crippen LogP contribution is 2.45. The second-order valence-corrected chi connectivity index (χ2v) is 36.1. The van der Waals surface area contributed by atoms with E-state index < -0.39 is 97.5 Å². The second kappa shape index (κ2) is 78.9. The number of esters is 4. The van der Waals surface area contributed by atoms with E-state index in [0.29, 0.717) is 25.7 Å². The van der Waals surface area contributed by atoms with Crippen molar-refractivity contribution in [3.05, 3.63) is 0 Å². The van der Waals surface area contributed by atoms with Crippen LogP contribution in [-0.4, -0.2) is 96.7 Å². The lowest BCUT2D eigenvalue weighted by Gasteiger charge is -2.21. The zero-order valence-corrected chi connectivity index (χ0v) is 73.1. The Hall–Kier alpha value is -1.94. The van der Waals surface area contributed by atoms with E-state index in [-0.39, 0.29) is 25.7 Å². The first-order valence-electron chi connectivity index (χ1n) is 45.9. The first-order valence-corrected chi connectivity index (χ1v) is 48.9. The smallest absolute Gasteiger partial charge is 0.462 e. The van der Waals surface area contributed by atoms with Crippen molar-refractivity contribution in [1.29, 1.82) is 0 Å². The molecule has 108 heavy (non-hydrogen) atoms. The van der Waals surface area contributed by atoms with E-state index in [2.05, 4.69) is 48.5 Å². The maximum absolute atomic E-state index is 13.2. The van der Waals surface area contributed by atoms with Crippen LogP contribution < -0.4 is 0 Å². The highest BCUT2D eigenvalue weighted by Gasteiger charge is 2.31. The van der Waals surface area contributed by atoms with Gasteiger partial charge < -0.3 is 33.8 Å². The van der Waals surface area contributed by atoms with Crippen molar-refractivity contribution in [2.75, 3.05) is 39.6 Å². The van der Waals surface area contributed by atoms with Gasteiger partial charge in [-0.3, -0.25) is 37.3 Å². The Morgan fingerprint density at radius 2 is 0.472 bits per heavy atom. The van der Waals surface area contributed by atoms with Crippen LogP contribution in [0.4, 0.5) is 0 Å². The Balaban J connectivity index is 5.26. The van der Waals surface area contributed by atoms with Crippen LogP contribution in [0.3, 0.4) is 0 Å². The van der Waals surface area contributed by atoms with E-state index in [4.69, 9.17) is 37.0 Å². The highest BCUT2D eigenvalue weighted by molar-refractivity contribution is 7.47. The fourth-order valence-electron chi connectivity index (χ4n) is 13.9. The molecule has 0 spiro atoms. The van der Waals surface area contributed by atoms with Crippen LogP contribution in [-0.2, 0) is 65.4 Å². The van der Waals surface area contributed by atoms with Crippen molar-refractivity contribution in [3.63, 3.8) is 0 Å². The molecular formula is C89H174O17P2. The number of hydrogen-bond donors (Lipinski definition) is 3. The van der Waals surface area contributed by atoms with Gasteiger partial charge in [0.25, 0.3) is 0 Å². The lowest BCUT2D eigenvalue weighted by Crippen LogP contribution is -2.30. The molecule has 17 nitrogen and oxygen atoms in total. The highest BCUT2D eigenvalue weighted by atomic mass is 31.2. The van der Waals surface area contributed by atoms with Crippen molar-refractivity contribution < 1.29 is 80.2 Å². The minimum Gasteiger partial charge on any atom is -0.462 e. The number of aliphatic hydroxyl groups excluding tert-OH is 1. The number of carbonyl (C=O) groups excluding carboxylic acids is 4. The largest absolute Gasteiger partial charge is 0.472 e. The maximum atomic E-state index is 13.2. The number of unbranched alkanes of at least 4 members (excludes halogenated alkanes) is 54. The molecule has 0 radical (unpaired) electrons. The average Bonchev–Trinajstić information content (AvgIpc) is 0.900. The molecule has 0 rings (SSSR count). The van der Waals surface area contributed by atoms with E-state index in [1.807, 2.05) is 0 Å². The molecule has 6 atom stereocenters. The number of aliphatic hydroxyl groups is 1. The maximum Gasteiger partial charge on any atom is 0.472 e. The van der Waals surface area contributed by atoms with E-state index in [1.54, 1.807) is 0 Å². The minimum atomic E-state index is -4.97. The number of ether oxygens (including phenoxy) is 4. The number of phosphoric ester groups is 2. The molecular weight excluding hydrogens is 1400 g/mol. The summed E-state index contributed by atoms with van der Waals surface area (Å²) in [7, 11) is -9.93. The van der Waals surface area contributed by atoms with Gasteiger partial charge in [0.2, 0.25) is 0 Å².